The SMILES string of the molecule is Cc1nccn1Cc1ccc(NC(=O)c2ccc3[nH]c4c(c3c2)CCCC4)cc1. The number of aromatic amines is 1. The monoisotopic (exact) mass is 384 g/mol. The van der Waals surface area contributed by atoms with E-state index in [1.54, 1.807) is 0 Å². The summed E-state index contributed by atoms with van der Waals surface area (Å²) in [6.45, 7) is 2.77. The number of aromatic nitrogens is 3. The second-order valence-corrected chi connectivity index (χ2v) is 7.80. The minimum Gasteiger partial charge on any atom is -0.358 e. The molecule has 2 N–H and O–H groups in total. The van der Waals surface area contributed by atoms with Crippen molar-refractivity contribution in [2.45, 2.75) is 39.2 Å². The van der Waals surface area contributed by atoms with E-state index in [-0.39, 0.29) is 5.91 Å². The van der Waals surface area contributed by atoms with Gasteiger partial charge in [0.2, 0.25) is 0 Å². The van der Waals surface area contributed by atoms with Crippen LogP contribution in [0.3, 0.4) is 0 Å². The molecule has 0 bridgehead atoms. The van der Waals surface area contributed by atoms with Crippen molar-refractivity contribution in [3.05, 3.63) is 83.1 Å². The van der Waals surface area contributed by atoms with Crippen LogP contribution in [0.25, 0.3) is 10.9 Å². The maximum Gasteiger partial charge on any atom is 0.255 e. The van der Waals surface area contributed by atoms with Crippen LogP contribution in [0.2, 0.25) is 0 Å². The van der Waals surface area contributed by atoms with Crippen LogP contribution in [-0.2, 0) is 19.4 Å². The van der Waals surface area contributed by atoms with Gasteiger partial charge in [-0.1, -0.05) is 12.1 Å². The second kappa shape index (κ2) is 7.24. The fourth-order valence-electron chi connectivity index (χ4n) is 4.21. The number of anilines is 1. The highest BCUT2D eigenvalue weighted by molar-refractivity contribution is 6.06. The van der Waals surface area contributed by atoms with Crippen LogP contribution in [0.1, 0.15) is 45.8 Å². The molecule has 4 aromatic rings. The molecule has 5 rings (SSSR count). The Morgan fingerprint density at radius 3 is 2.76 bits per heavy atom. The smallest absolute Gasteiger partial charge is 0.255 e. The van der Waals surface area contributed by atoms with Gasteiger partial charge >= 0.3 is 0 Å². The summed E-state index contributed by atoms with van der Waals surface area (Å²) in [6, 6.07) is 13.9. The van der Waals surface area contributed by atoms with Gasteiger partial charge in [-0.3, -0.25) is 4.79 Å². The number of carbonyl (C=O) groups is 1. The minimum atomic E-state index is -0.0733. The first-order valence-electron chi connectivity index (χ1n) is 10.2. The van der Waals surface area contributed by atoms with E-state index in [2.05, 4.69) is 19.9 Å². The van der Waals surface area contributed by atoms with Crippen LogP contribution < -0.4 is 5.32 Å². The predicted molar refractivity (Wildman–Crippen MR) is 115 cm³/mol. The Morgan fingerprint density at radius 2 is 1.97 bits per heavy atom. The van der Waals surface area contributed by atoms with Gasteiger partial charge in [-0.15, -0.1) is 0 Å². The number of hydrogen-bond acceptors (Lipinski definition) is 2. The summed E-state index contributed by atoms with van der Waals surface area (Å²) in [4.78, 5) is 20.6. The molecule has 2 heterocycles. The van der Waals surface area contributed by atoms with Crippen LogP contribution in [0, 0.1) is 6.92 Å². The molecule has 2 aromatic carbocycles. The zero-order valence-electron chi connectivity index (χ0n) is 16.5. The molecule has 0 radical (unpaired) electrons. The first kappa shape index (κ1) is 17.7. The van der Waals surface area contributed by atoms with Gasteiger partial charge in [-0.25, -0.2) is 4.98 Å². The standard InChI is InChI=1S/C24H24N4O/c1-16-25-12-13-28(16)15-17-6-9-19(10-7-17)26-24(29)18-8-11-23-21(14-18)20-4-2-3-5-22(20)27-23/h6-14,27H,2-5,15H2,1H3,(H,26,29). The zero-order chi connectivity index (χ0) is 19.8. The number of nitrogens with one attached hydrogen (secondary N) is 2. The number of carbonyl (C=O) groups excluding carboxylic acids is 1. The molecule has 0 aliphatic heterocycles. The van der Waals surface area contributed by atoms with Crippen molar-refractivity contribution in [2.75, 3.05) is 5.32 Å². The van der Waals surface area contributed by atoms with Crippen LogP contribution in [-0.4, -0.2) is 20.4 Å². The molecule has 0 spiro atoms. The largest absolute Gasteiger partial charge is 0.358 e. The lowest BCUT2D eigenvalue weighted by atomic mass is 9.95. The van der Waals surface area contributed by atoms with Crippen molar-refractivity contribution in [1.29, 1.82) is 0 Å². The minimum absolute atomic E-state index is 0.0733. The Bertz CT molecular complexity index is 1180. The summed E-state index contributed by atoms with van der Waals surface area (Å²) in [6.07, 6.45) is 8.45. The van der Waals surface area contributed by atoms with E-state index in [9.17, 15) is 4.79 Å². The number of hydrogen-bond donors (Lipinski definition) is 2. The lowest BCUT2D eigenvalue weighted by Crippen LogP contribution is -2.12. The van der Waals surface area contributed by atoms with Crippen molar-refractivity contribution < 1.29 is 4.79 Å². The third-order valence-corrected chi connectivity index (χ3v) is 5.85. The quantitative estimate of drug-likeness (QED) is 0.528. The first-order valence-corrected chi connectivity index (χ1v) is 10.2. The second-order valence-electron chi connectivity index (χ2n) is 7.80. The van der Waals surface area contributed by atoms with Crippen LogP contribution in [0.15, 0.2) is 54.9 Å². The van der Waals surface area contributed by atoms with Crippen molar-refractivity contribution in [3.63, 3.8) is 0 Å². The van der Waals surface area contributed by atoms with Gasteiger partial charge < -0.3 is 14.9 Å². The van der Waals surface area contributed by atoms with E-state index >= 15 is 0 Å². The molecule has 146 valence electrons. The van der Waals surface area contributed by atoms with Gasteiger partial charge in [0.05, 0.1) is 0 Å². The molecule has 0 atom stereocenters. The van der Waals surface area contributed by atoms with Crippen LogP contribution >= 0.6 is 0 Å². The molecule has 29 heavy (non-hydrogen) atoms. The van der Waals surface area contributed by atoms with E-state index in [1.807, 2.05) is 61.8 Å². The molecule has 1 aliphatic carbocycles. The van der Waals surface area contributed by atoms with Gasteiger partial charge in [-0.2, -0.15) is 0 Å². The van der Waals surface area contributed by atoms with Crippen molar-refractivity contribution in [2.24, 2.45) is 0 Å². The van der Waals surface area contributed by atoms with E-state index in [0.29, 0.717) is 5.56 Å². The molecule has 1 aliphatic rings. The average Bonchev–Trinajstić information content (AvgIpc) is 3.32. The number of rotatable bonds is 4. The molecule has 0 fully saturated rings. The molecule has 5 nitrogen and oxygen atoms in total. The summed E-state index contributed by atoms with van der Waals surface area (Å²) < 4.78 is 2.10. The summed E-state index contributed by atoms with van der Waals surface area (Å²) >= 11 is 0. The van der Waals surface area contributed by atoms with Crippen molar-refractivity contribution in [3.8, 4) is 0 Å². The highest BCUT2D eigenvalue weighted by Crippen LogP contribution is 2.30. The Hall–Kier alpha value is -3.34. The third kappa shape index (κ3) is 3.44. The Morgan fingerprint density at radius 1 is 1.14 bits per heavy atom. The van der Waals surface area contributed by atoms with Gasteiger partial charge in [0.15, 0.2) is 0 Å². The Balaban J connectivity index is 1.33. The fraction of sp³-hybridized carbons (Fsp3) is 0.250. The molecule has 5 heteroatoms. The number of imidazole rings is 1. The van der Waals surface area contributed by atoms with E-state index < -0.39 is 0 Å². The number of amides is 1. The highest BCUT2D eigenvalue weighted by atomic mass is 16.1. The normalized spacial score (nSPS) is 13.4. The lowest BCUT2D eigenvalue weighted by molar-refractivity contribution is 0.102. The maximum atomic E-state index is 12.8. The highest BCUT2D eigenvalue weighted by Gasteiger charge is 2.17. The van der Waals surface area contributed by atoms with Crippen molar-refractivity contribution >= 4 is 22.5 Å². The summed E-state index contributed by atoms with van der Waals surface area (Å²) in [5, 5.41) is 4.22. The topological polar surface area (TPSA) is 62.7 Å². The van der Waals surface area contributed by atoms with Gasteiger partial charge in [-0.05, 0) is 74.1 Å². The molecule has 1 amide bonds. The maximum absolute atomic E-state index is 12.8. The van der Waals surface area contributed by atoms with E-state index in [0.717, 1.165) is 36.4 Å². The Kier molecular flexibility index (Phi) is 4.43. The van der Waals surface area contributed by atoms with E-state index in [4.69, 9.17) is 0 Å². The fourth-order valence-corrected chi connectivity index (χ4v) is 4.21. The number of nitrogens with zero attached hydrogens (tertiary/aromatic N) is 2. The molecular weight excluding hydrogens is 360 g/mol. The van der Waals surface area contributed by atoms with E-state index in [1.165, 1.54) is 35.0 Å². The third-order valence-electron chi connectivity index (χ3n) is 5.85. The van der Waals surface area contributed by atoms with Crippen molar-refractivity contribution in [1.82, 2.24) is 14.5 Å². The summed E-state index contributed by atoms with van der Waals surface area (Å²) in [5.41, 5.74) is 6.53. The van der Waals surface area contributed by atoms with Gasteiger partial charge in [0.1, 0.15) is 5.82 Å². The number of benzene rings is 2. The predicted octanol–water partition coefficient (Wildman–Crippen LogP) is 4.85. The zero-order valence-corrected chi connectivity index (χ0v) is 16.5. The van der Waals surface area contributed by atoms with Crippen LogP contribution in [0.4, 0.5) is 5.69 Å². The lowest BCUT2D eigenvalue weighted by Gasteiger charge is -2.11. The van der Waals surface area contributed by atoms with Gasteiger partial charge in [0.25, 0.3) is 5.91 Å². The van der Waals surface area contributed by atoms with Crippen LogP contribution in [0.5, 0.6) is 0 Å². The number of H-pyrrole nitrogens is 1. The Labute approximate surface area is 169 Å². The molecule has 0 unspecified atom stereocenters. The van der Waals surface area contributed by atoms with Gasteiger partial charge in [0, 0.05) is 46.8 Å². The number of aryl methyl sites for hydroxylation is 3. The average molecular weight is 384 g/mol. The molecule has 2 aromatic heterocycles. The number of fused-ring (bicyclic) bond motifs is 3. The summed E-state index contributed by atoms with van der Waals surface area (Å²) in [7, 11) is 0. The molecular formula is C24H24N4O. The summed E-state index contributed by atoms with van der Waals surface area (Å²) in [5.74, 6) is 0.917. The first-order chi connectivity index (χ1) is 14.2. The molecule has 0 saturated heterocycles. The molecule has 0 saturated carbocycles.